The maximum atomic E-state index is 14.6. The van der Waals surface area contributed by atoms with Gasteiger partial charge in [-0.05, 0) is 49.8 Å². The molecule has 198 valence electrons. The molecule has 4 N–H and O–H groups in total. The number of carbonyl (C=O) groups is 2. The summed E-state index contributed by atoms with van der Waals surface area (Å²) >= 11 is 0. The summed E-state index contributed by atoms with van der Waals surface area (Å²) in [6.45, 7) is 1.62. The molecule has 2 aliphatic carbocycles. The molecule has 0 saturated heterocycles. The Morgan fingerprint density at radius 2 is 1.89 bits per heavy atom. The van der Waals surface area contributed by atoms with Gasteiger partial charge in [0.1, 0.15) is 12.0 Å². The van der Waals surface area contributed by atoms with Gasteiger partial charge in [-0.3, -0.25) is 9.59 Å². The summed E-state index contributed by atoms with van der Waals surface area (Å²) in [5.41, 5.74) is 5.66. The molecule has 2 aromatic rings. The first kappa shape index (κ1) is 26.3. The molecular formula is C24H28F6N4O2. The smallest absolute Gasteiger partial charge is 0.369 e. The summed E-state index contributed by atoms with van der Waals surface area (Å²) < 4.78 is 79.3. The van der Waals surface area contributed by atoms with Crippen LogP contribution in [-0.2, 0) is 9.59 Å². The van der Waals surface area contributed by atoms with E-state index in [-0.39, 0.29) is 37.9 Å². The molecule has 1 heterocycles. The highest BCUT2D eigenvalue weighted by Gasteiger charge is 2.67. The van der Waals surface area contributed by atoms with Crippen molar-refractivity contribution in [1.29, 1.82) is 0 Å². The zero-order chi connectivity index (χ0) is 26.5. The topological polar surface area (TPSA) is 101 Å². The lowest BCUT2D eigenvalue weighted by Gasteiger charge is -2.36. The van der Waals surface area contributed by atoms with Gasteiger partial charge >= 0.3 is 6.18 Å². The van der Waals surface area contributed by atoms with Gasteiger partial charge in [0.2, 0.25) is 17.7 Å². The molecule has 0 spiro atoms. The van der Waals surface area contributed by atoms with E-state index in [4.69, 9.17) is 5.73 Å². The van der Waals surface area contributed by atoms with Crippen LogP contribution in [0.2, 0.25) is 0 Å². The van der Waals surface area contributed by atoms with Crippen molar-refractivity contribution in [2.75, 3.05) is 0 Å². The summed E-state index contributed by atoms with van der Waals surface area (Å²) in [6, 6.07) is 4.33. The molecule has 0 bridgehead atoms. The zero-order valence-electron chi connectivity index (χ0n) is 19.6. The van der Waals surface area contributed by atoms with Crippen molar-refractivity contribution in [3.05, 3.63) is 29.6 Å². The number of aromatic amines is 1. The normalized spacial score (nSPS) is 25.9. The average Bonchev–Trinajstić information content (AvgIpc) is 3.27. The predicted octanol–water partition coefficient (Wildman–Crippen LogP) is 5.21. The SMILES string of the molecule is C[C@@H](NC(=O)CCC(F)(F)F)c1ccc2nc([C@@H](C3CCC(F)(F)CC3)C3(C(N)=O)CC3F)[nH]c2c1. The van der Waals surface area contributed by atoms with Gasteiger partial charge in [-0.25, -0.2) is 18.2 Å². The Labute approximate surface area is 203 Å². The number of H-pyrrole nitrogens is 1. The van der Waals surface area contributed by atoms with Gasteiger partial charge in [-0.1, -0.05) is 6.07 Å². The number of aromatic nitrogens is 2. The van der Waals surface area contributed by atoms with Crippen LogP contribution in [0.15, 0.2) is 18.2 Å². The Morgan fingerprint density at radius 1 is 1.25 bits per heavy atom. The van der Waals surface area contributed by atoms with Gasteiger partial charge in [-0.2, -0.15) is 13.2 Å². The van der Waals surface area contributed by atoms with Gasteiger partial charge in [-0.15, -0.1) is 0 Å². The number of hydrogen-bond donors (Lipinski definition) is 3. The standard InChI is InChI=1S/C24H28F6N4O2/c1-12(32-18(35)6-9-24(28,29)30)14-2-3-15-16(10-14)34-20(33-15)19(23(21(31)36)11-17(23)25)13-4-7-22(26,27)8-5-13/h2-3,10,12-13,17,19H,4-9,11H2,1H3,(H2,31,36)(H,32,35)(H,33,34)/t12-,17?,19-,23?/m1/s1. The van der Waals surface area contributed by atoms with Gasteiger partial charge in [0.15, 0.2) is 0 Å². The van der Waals surface area contributed by atoms with Crippen molar-refractivity contribution >= 4 is 22.8 Å². The first-order valence-electron chi connectivity index (χ1n) is 11.9. The van der Waals surface area contributed by atoms with Crippen LogP contribution in [0.3, 0.4) is 0 Å². The molecule has 1 aromatic carbocycles. The second-order valence-electron chi connectivity index (χ2n) is 10.1. The number of halogens is 6. The van der Waals surface area contributed by atoms with Crippen molar-refractivity contribution in [3.8, 4) is 0 Å². The summed E-state index contributed by atoms with van der Waals surface area (Å²) in [7, 11) is 0. The Balaban J connectivity index is 1.58. The first-order chi connectivity index (χ1) is 16.7. The minimum Gasteiger partial charge on any atom is -0.369 e. The number of hydrogen-bond acceptors (Lipinski definition) is 3. The van der Waals surface area contributed by atoms with Crippen LogP contribution >= 0.6 is 0 Å². The minimum absolute atomic E-state index is 0.0941. The van der Waals surface area contributed by atoms with E-state index in [2.05, 4.69) is 15.3 Å². The van der Waals surface area contributed by atoms with Crippen molar-refractivity contribution in [3.63, 3.8) is 0 Å². The third-order valence-electron chi connectivity index (χ3n) is 7.49. The fraction of sp³-hybridized carbons (Fsp3) is 0.625. The molecule has 0 aliphatic heterocycles. The maximum absolute atomic E-state index is 14.6. The Morgan fingerprint density at radius 3 is 2.44 bits per heavy atom. The number of primary amides is 1. The molecule has 1 aromatic heterocycles. The lowest BCUT2D eigenvalue weighted by Crippen LogP contribution is -2.39. The largest absolute Gasteiger partial charge is 0.389 e. The zero-order valence-corrected chi connectivity index (χ0v) is 19.6. The molecule has 2 fully saturated rings. The molecule has 36 heavy (non-hydrogen) atoms. The lowest BCUT2D eigenvalue weighted by atomic mass is 9.70. The number of fused-ring (bicyclic) bond motifs is 1. The molecule has 12 heteroatoms. The number of nitrogens with zero attached hydrogens (tertiary/aromatic N) is 1. The third-order valence-corrected chi connectivity index (χ3v) is 7.49. The number of nitrogens with one attached hydrogen (secondary N) is 2. The second kappa shape index (κ2) is 9.26. The third kappa shape index (κ3) is 5.31. The van der Waals surface area contributed by atoms with Crippen LogP contribution in [-0.4, -0.2) is 40.1 Å². The molecule has 4 rings (SSSR count). The van der Waals surface area contributed by atoms with Gasteiger partial charge in [0.25, 0.3) is 0 Å². The molecular weight excluding hydrogens is 490 g/mol. The molecule has 4 atom stereocenters. The van der Waals surface area contributed by atoms with E-state index in [0.29, 0.717) is 16.6 Å². The Kier molecular flexibility index (Phi) is 6.76. The second-order valence-corrected chi connectivity index (χ2v) is 10.1. The molecule has 0 radical (unpaired) electrons. The fourth-order valence-corrected chi connectivity index (χ4v) is 5.37. The van der Waals surface area contributed by atoms with Crippen molar-refractivity contribution in [2.45, 2.75) is 82.1 Å². The van der Waals surface area contributed by atoms with Crippen molar-refractivity contribution < 1.29 is 35.9 Å². The molecule has 2 saturated carbocycles. The average molecular weight is 519 g/mol. The van der Waals surface area contributed by atoms with E-state index in [0.717, 1.165) is 0 Å². The van der Waals surface area contributed by atoms with Crippen LogP contribution in [0.4, 0.5) is 26.3 Å². The summed E-state index contributed by atoms with van der Waals surface area (Å²) in [5.74, 6) is -5.29. The Hall–Kier alpha value is -2.79. The number of nitrogens with two attached hydrogens (primary N) is 1. The number of carbonyl (C=O) groups excluding carboxylic acids is 2. The van der Waals surface area contributed by atoms with Crippen LogP contribution in [0, 0.1) is 11.3 Å². The molecule has 2 aliphatic rings. The van der Waals surface area contributed by atoms with Crippen LogP contribution in [0.1, 0.15) is 75.2 Å². The summed E-state index contributed by atoms with van der Waals surface area (Å²) in [6.07, 6.45) is -8.45. The summed E-state index contributed by atoms with van der Waals surface area (Å²) in [5, 5.41) is 2.52. The minimum atomic E-state index is -4.43. The van der Waals surface area contributed by atoms with Gasteiger partial charge < -0.3 is 16.0 Å². The molecule has 6 nitrogen and oxygen atoms in total. The number of benzene rings is 1. The van der Waals surface area contributed by atoms with E-state index < -0.39 is 66.2 Å². The number of rotatable bonds is 8. The quantitative estimate of drug-likeness (QED) is 0.419. The maximum Gasteiger partial charge on any atom is 0.389 e. The molecule has 2 unspecified atom stereocenters. The lowest BCUT2D eigenvalue weighted by molar-refractivity contribution is -0.144. The number of imidazole rings is 1. The highest BCUT2D eigenvalue weighted by Crippen LogP contribution is 2.62. The monoisotopic (exact) mass is 518 g/mol. The van der Waals surface area contributed by atoms with E-state index in [1.165, 1.54) is 0 Å². The van der Waals surface area contributed by atoms with Crippen LogP contribution in [0.25, 0.3) is 11.0 Å². The van der Waals surface area contributed by atoms with E-state index in [1.54, 1.807) is 25.1 Å². The van der Waals surface area contributed by atoms with Crippen molar-refractivity contribution in [2.24, 2.45) is 17.1 Å². The van der Waals surface area contributed by atoms with Gasteiger partial charge in [0.05, 0.1) is 28.9 Å². The van der Waals surface area contributed by atoms with Gasteiger partial charge in [0, 0.05) is 25.2 Å². The Bertz CT molecular complexity index is 1140. The highest BCUT2D eigenvalue weighted by molar-refractivity contribution is 5.86. The first-order valence-corrected chi connectivity index (χ1v) is 11.9. The fourth-order valence-electron chi connectivity index (χ4n) is 5.37. The van der Waals surface area contributed by atoms with E-state index >= 15 is 0 Å². The summed E-state index contributed by atoms with van der Waals surface area (Å²) in [4.78, 5) is 31.9. The van der Waals surface area contributed by atoms with Crippen molar-refractivity contribution in [1.82, 2.24) is 15.3 Å². The molecule has 2 amide bonds. The van der Waals surface area contributed by atoms with E-state index in [9.17, 15) is 35.9 Å². The number of alkyl halides is 6. The van der Waals surface area contributed by atoms with E-state index in [1.807, 2.05) is 0 Å². The van der Waals surface area contributed by atoms with Crippen LogP contribution in [0.5, 0.6) is 0 Å². The number of amides is 2. The highest BCUT2D eigenvalue weighted by atomic mass is 19.4. The predicted molar refractivity (Wildman–Crippen MR) is 119 cm³/mol. The van der Waals surface area contributed by atoms with Crippen LogP contribution < -0.4 is 11.1 Å².